The van der Waals surface area contributed by atoms with Gasteiger partial charge in [-0.15, -0.1) is 0 Å². The van der Waals surface area contributed by atoms with E-state index in [4.69, 9.17) is 5.11 Å². The van der Waals surface area contributed by atoms with Gasteiger partial charge in [0.25, 0.3) is 0 Å². The van der Waals surface area contributed by atoms with Crippen molar-refractivity contribution in [3.63, 3.8) is 0 Å². The van der Waals surface area contributed by atoms with Crippen LogP contribution in [-0.2, 0) is 4.79 Å². The molecular formula is C14H25NO3. The van der Waals surface area contributed by atoms with Gasteiger partial charge in [0.2, 0.25) is 0 Å². The highest BCUT2D eigenvalue weighted by Crippen LogP contribution is 2.48. The van der Waals surface area contributed by atoms with Crippen LogP contribution in [0.1, 0.15) is 44.9 Å². The van der Waals surface area contributed by atoms with E-state index in [0.717, 1.165) is 45.1 Å². The lowest BCUT2D eigenvalue weighted by Crippen LogP contribution is -2.44. The van der Waals surface area contributed by atoms with Crippen LogP contribution in [0.5, 0.6) is 0 Å². The number of unbranched alkanes of at least 4 members (excludes halogenated alkanes) is 3. The summed E-state index contributed by atoms with van der Waals surface area (Å²) >= 11 is 0. The Morgan fingerprint density at radius 3 is 2.56 bits per heavy atom. The van der Waals surface area contributed by atoms with E-state index >= 15 is 0 Å². The van der Waals surface area contributed by atoms with Gasteiger partial charge in [-0.3, -0.25) is 4.79 Å². The molecule has 4 nitrogen and oxygen atoms in total. The van der Waals surface area contributed by atoms with Gasteiger partial charge >= 0.3 is 5.97 Å². The number of carboxylic acids is 1. The average Bonchev–Trinajstić information content (AvgIpc) is 2.93. The maximum absolute atomic E-state index is 11.3. The largest absolute Gasteiger partial charge is 0.481 e. The molecule has 2 bridgehead atoms. The molecule has 2 rings (SSSR count). The van der Waals surface area contributed by atoms with Gasteiger partial charge in [0.05, 0.1) is 5.92 Å². The molecule has 2 saturated carbocycles. The van der Waals surface area contributed by atoms with Crippen LogP contribution in [0.4, 0.5) is 0 Å². The van der Waals surface area contributed by atoms with Crippen molar-refractivity contribution in [2.24, 2.45) is 17.8 Å². The fraction of sp³-hybridized carbons (Fsp3) is 0.929. The number of nitrogens with one attached hydrogen (secondary N) is 1. The van der Waals surface area contributed by atoms with Crippen molar-refractivity contribution >= 4 is 5.97 Å². The van der Waals surface area contributed by atoms with Gasteiger partial charge in [0.1, 0.15) is 0 Å². The Labute approximate surface area is 109 Å². The quantitative estimate of drug-likeness (QED) is 0.577. The number of carbonyl (C=O) groups is 1. The topological polar surface area (TPSA) is 69.6 Å². The smallest absolute Gasteiger partial charge is 0.308 e. The summed E-state index contributed by atoms with van der Waals surface area (Å²) < 4.78 is 0. The predicted octanol–water partition coefficient (Wildman–Crippen LogP) is 1.63. The Morgan fingerprint density at radius 1 is 1.11 bits per heavy atom. The number of aliphatic hydroxyl groups is 1. The summed E-state index contributed by atoms with van der Waals surface area (Å²) in [6, 6.07) is 0.207. The van der Waals surface area contributed by atoms with Gasteiger partial charge in [0, 0.05) is 12.6 Å². The van der Waals surface area contributed by atoms with E-state index in [0.29, 0.717) is 11.8 Å². The van der Waals surface area contributed by atoms with Crippen molar-refractivity contribution in [3.05, 3.63) is 0 Å². The van der Waals surface area contributed by atoms with E-state index in [-0.39, 0.29) is 18.6 Å². The highest BCUT2D eigenvalue weighted by Gasteiger charge is 2.50. The van der Waals surface area contributed by atoms with Crippen molar-refractivity contribution in [3.8, 4) is 0 Å². The second kappa shape index (κ2) is 6.53. The molecule has 0 aromatic heterocycles. The third kappa shape index (κ3) is 3.04. The van der Waals surface area contributed by atoms with Crippen LogP contribution in [0.15, 0.2) is 0 Å². The van der Waals surface area contributed by atoms with Crippen LogP contribution in [0, 0.1) is 17.8 Å². The minimum atomic E-state index is -0.611. The second-order valence-electron chi connectivity index (χ2n) is 5.81. The Bertz CT molecular complexity index is 282. The number of hydrogen-bond donors (Lipinski definition) is 3. The minimum Gasteiger partial charge on any atom is -0.481 e. The van der Waals surface area contributed by atoms with E-state index in [1.165, 1.54) is 6.42 Å². The number of aliphatic hydroxyl groups excluding tert-OH is 1. The first-order chi connectivity index (χ1) is 8.74. The molecule has 0 aromatic rings. The standard InChI is InChI=1S/C14H25NO3/c16-8-4-2-1-3-7-15-13-11-6-5-10(9-11)12(13)14(17)18/h10-13,15-16H,1-9H2,(H,17,18). The van der Waals surface area contributed by atoms with Crippen LogP contribution in [-0.4, -0.2) is 35.4 Å². The van der Waals surface area contributed by atoms with Crippen molar-refractivity contribution in [2.75, 3.05) is 13.2 Å². The van der Waals surface area contributed by atoms with E-state index < -0.39 is 5.97 Å². The molecule has 0 spiro atoms. The predicted molar refractivity (Wildman–Crippen MR) is 69.3 cm³/mol. The summed E-state index contributed by atoms with van der Waals surface area (Å²) in [5.41, 5.74) is 0. The summed E-state index contributed by atoms with van der Waals surface area (Å²) in [6.07, 6.45) is 7.57. The average molecular weight is 255 g/mol. The summed E-state index contributed by atoms with van der Waals surface area (Å²) in [6.45, 7) is 1.20. The SMILES string of the molecule is O=C(O)C1C2CCC(C2)C1NCCCCCCO. The Morgan fingerprint density at radius 2 is 1.83 bits per heavy atom. The highest BCUT2D eigenvalue weighted by atomic mass is 16.4. The van der Waals surface area contributed by atoms with Gasteiger partial charge in [-0.05, 0) is 50.5 Å². The number of aliphatic carboxylic acids is 1. The lowest BCUT2D eigenvalue weighted by molar-refractivity contribution is -0.144. The molecule has 2 aliphatic rings. The van der Waals surface area contributed by atoms with Gasteiger partial charge in [0.15, 0.2) is 0 Å². The summed E-state index contributed by atoms with van der Waals surface area (Å²) in [4.78, 5) is 11.3. The molecule has 0 aromatic carbocycles. The van der Waals surface area contributed by atoms with Gasteiger partial charge in [-0.1, -0.05) is 12.8 Å². The molecule has 0 amide bonds. The number of fused-ring (bicyclic) bond motifs is 2. The first-order valence-corrected chi connectivity index (χ1v) is 7.31. The van der Waals surface area contributed by atoms with Crippen LogP contribution >= 0.6 is 0 Å². The first kappa shape index (κ1) is 13.8. The van der Waals surface area contributed by atoms with Crippen LogP contribution in [0.2, 0.25) is 0 Å². The number of hydrogen-bond acceptors (Lipinski definition) is 3. The molecule has 18 heavy (non-hydrogen) atoms. The zero-order valence-corrected chi connectivity index (χ0v) is 11.0. The lowest BCUT2D eigenvalue weighted by atomic mass is 9.84. The Balaban J connectivity index is 1.70. The van der Waals surface area contributed by atoms with E-state index in [1.807, 2.05) is 0 Å². The summed E-state index contributed by atoms with van der Waals surface area (Å²) in [5, 5.41) is 21.5. The fourth-order valence-corrected chi connectivity index (χ4v) is 3.80. The number of rotatable bonds is 8. The zero-order chi connectivity index (χ0) is 13.0. The zero-order valence-electron chi connectivity index (χ0n) is 11.0. The molecule has 0 aliphatic heterocycles. The Hall–Kier alpha value is -0.610. The van der Waals surface area contributed by atoms with E-state index in [9.17, 15) is 9.90 Å². The maximum atomic E-state index is 11.3. The summed E-state index contributed by atoms with van der Waals surface area (Å²) in [5.74, 6) is 0.245. The van der Waals surface area contributed by atoms with Crippen molar-refractivity contribution in [1.29, 1.82) is 0 Å². The molecule has 2 aliphatic carbocycles. The number of carboxylic acid groups (broad SMARTS) is 1. The molecular weight excluding hydrogens is 230 g/mol. The lowest BCUT2D eigenvalue weighted by Gasteiger charge is -2.29. The Kier molecular flexibility index (Phi) is 5.01. The molecule has 104 valence electrons. The van der Waals surface area contributed by atoms with Gasteiger partial charge in [-0.2, -0.15) is 0 Å². The molecule has 0 heterocycles. The molecule has 2 fully saturated rings. The highest BCUT2D eigenvalue weighted by molar-refractivity contribution is 5.72. The second-order valence-corrected chi connectivity index (χ2v) is 5.81. The third-order valence-electron chi connectivity index (χ3n) is 4.67. The van der Waals surface area contributed by atoms with Gasteiger partial charge in [-0.25, -0.2) is 0 Å². The normalized spacial score (nSPS) is 34.1. The summed E-state index contributed by atoms with van der Waals surface area (Å²) in [7, 11) is 0. The minimum absolute atomic E-state index is 0.152. The van der Waals surface area contributed by atoms with Gasteiger partial charge < -0.3 is 15.5 Å². The maximum Gasteiger partial charge on any atom is 0.308 e. The fourth-order valence-electron chi connectivity index (χ4n) is 3.80. The molecule has 4 atom stereocenters. The van der Waals surface area contributed by atoms with Crippen LogP contribution in [0.25, 0.3) is 0 Å². The molecule has 4 heteroatoms. The first-order valence-electron chi connectivity index (χ1n) is 7.31. The molecule has 4 unspecified atom stereocenters. The monoisotopic (exact) mass is 255 g/mol. The van der Waals surface area contributed by atoms with Crippen molar-refractivity contribution in [2.45, 2.75) is 51.0 Å². The molecule has 0 saturated heterocycles. The van der Waals surface area contributed by atoms with E-state index in [2.05, 4.69) is 5.32 Å². The van der Waals surface area contributed by atoms with Crippen LogP contribution in [0.3, 0.4) is 0 Å². The van der Waals surface area contributed by atoms with Crippen molar-refractivity contribution < 1.29 is 15.0 Å². The van der Waals surface area contributed by atoms with E-state index in [1.54, 1.807) is 0 Å². The molecule has 0 radical (unpaired) electrons. The van der Waals surface area contributed by atoms with Crippen molar-refractivity contribution in [1.82, 2.24) is 5.32 Å². The molecule has 3 N–H and O–H groups in total. The van der Waals surface area contributed by atoms with Crippen LogP contribution < -0.4 is 5.32 Å². The third-order valence-corrected chi connectivity index (χ3v) is 4.67.